The Morgan fingerprint density at radius 3 is 2.69 bits per heavy atom. The molecule has 0 aliphatic heterocycles. The SMILES string of the molecule is CSc1ccc(-c2nc(CCCl)cs2)cc1. The van der Waals surface area contributed by atoms with E-state index < -0.39 is 0 Å². The van der Waals surface area contributed by atoms with Gasteiger partial charge in [0.25, 0.3) is 0 Å². The molecule has 0 unspecified atom stereocenters. The van der Waals surface area contributed by atoms with Gasteiger partial charge in [-0.3, -0.25) is 0 Å². The number of thioether (sulfide) groups is 1. The number of aryl methyl sites for hydroxylation is 1. The van der Waals surface area contributed by atoms with E-state index in [1.165, 1.54) is 10.5 Å². The van der Waals surface area contributed by atoms with Crippen molar-refractivity contribution in [3.63, 3.8) is 0 Å². The first-order chi connectivity index (χ1) is 7.83. The number of halogens is 1. The lowest BCUT2D eigenvalue weighted by molar-refractivity contribution is 1.07. The van der Waals surface area contributed by atoms with Crippen LogP contribution >= 0.6 is 34.7 Å². The number of benzene rings is 1. The maximum absolute atomic E-state index is 5.69. The molecule has 0 radical (unpaired) electrons. The Labute approximate surface area is 109 Å². The largest absolute Gasteiger partial charge is 0.241 e. The molecule has 0 aliphatic rings. The highest BCUT2D eigenvalue weighted by Gasteiger charge is 2.04. The number of aromatic nitrogens is 1. The van der Waals surface area contributed by atoms with Crippen molar-refractivity contribution >= 4 is 34.7 Å². The summed E-state index contributed by atoms with van der Waals surface area (Å²) < 4.78 is 0. The highest BCUT2D eigenvalue weighted by molar-refractivity contribution is 7.98. The highest BCUT2D eigenvalue weighted by atomic mass is 35.5. The Bertz CT molecular complexity index is 450. The Kier molecular flexibility index (Phi) is 4.27. The number of alkyl halides is 1. The molecule has 0 fully saturated rings. The monoisotopic (exact) mass is 269 g/mol. The number of hydrogen-bond acceptors (Lipinski definition) is 3. The van der Waals surface area contributed by atoms with E-state index in [1.54, 1.807) is 23.1 Å². The smallest absolute Gasteiger partial charge is 0.123 e. The van der Waals surface area contributed by atoms with Crippen LogP contribution in [0.5, 0.6) is 0 Å². The van der Waals surface area contributed by atoms with Crippen molar-refractivity contribution in [3.05, 3.63) is 35.3 Å². The minimum absolute atomic E-state index is 0.634. The third-order valence-electron chi connectivity index (χ3n) is 2.24. The molecular formula is C12H12ClNS2. The van der Waals surface area contributed by atoms with Crippen LogP contribution in [0.15, 0.2) is 34.5 Å². The first kappa shape index (κ1) is 12.0. The van der Waals surface area contributed by atoms with Crippen LogP contribution in [0.3, 0.4) is 0 Å². The molecule has 1 nitrogen and oxygen atoms in total. The van der Waals surface area contributed by atoms with Gasteiger partial charge in [0, 0.05) is 28.1 Å². The van der Waals surface area contributed by atoms with E-state index in [1.807, 2.05) is 0 Å². The van der Waals surface area contributed by atoms with Crippen LogP contribution in [-0.4, -0.2) is 17.1 Å². The number of nitrogens with zero attached hydrogens (tertiary/aromatic N) is 1. The van der Waals surface area contributed by atoms with E-state index in [-0.39, 0.29) is 0 Å². The summed E-state index contributed by atoms with van der Waals surface area (Å²) >= 11 is 9.12. The maximum atomic E-state index is 5.69. The summed E-state index contributed by atoms with van der Waals surface area (Å²) in [5, 5.41) is 3.16. The zero-order valence-electron chi connectivity index (χ0n) is 8.94. The molecule has 0 bridgehead atoms. The number of hydrogen-bond donors (Lipinski definition) is 0. The van der Waals surface area contributed by atoms with Crippen LogP contribution < -0.4 is 0 Å². The maximum Gasteiger partial charge on any atom is 0.123 e. The third kappa shape index (κ3) is 2.78. The summed E-state index contributed by atoms with van der Waals surface area (Å²) in [4.78, 5) is 5.83. The van der Waals surface area contributed by atoms with Crippen molar-refractivity contribution in [2.75, 3.05) is 12.1 Å². The zero-order chi connectivity index (χ0) is 11.4. The summed E-state index contributed by atoms with van der Waals surface area (Å²) in [5.74, 6) is 0.634. The second-order valence-corrected chi connectivity index (χ2v) is 5.43. The Morgan fingerprint density at radius 2 is 2.06 bits per heavy atom. The molecule has 0 N–H and O–H groups in total. The van der Waals surface area contributed by atoms with E-state index in [2.05, 4.69) is 40.9 Å². The van der Waals surface area contributed by atoms with E-state index in [9.17, 15) is 0 Å². The van der Waals surface area contributed by atoms with Crippen LogP contribution in [0.1, 0.15) is 5.69 Å². The van der Waals surface area contributed by atoms with Gasteiger partial charge in [-0.15, -0.1) is 34.7 Å². The molecule has 1 aromatic heterocycles. The van der Waals surface area contributed by atoms with Crippen molar-refractivity contribution < 1.29 is 0 Å². The van der Waals surface area contributed by atoms with Crippen LogP contribution in [0.2, 0.25) is 0 Å². The van der Waals surface area contributed by atoms with E-state index in [0.717, 1.165) is 17.1 Å². The van der Waals surface area contributed by atoms with Gasteiger partial charge in [0.15, 0.2) is 0 Å². The molecule has 1 heterocycles. The molecule has 1 aromatic carbocycles. The van der Waals surface area contributed by atoms with Gasteiger partial charge in [0.05, 0.1) is 5.69 Å². The first-order valence-electron chi connectivity index (χ1n) is 4.98. The molecule has 4 heteroatoms. The lowest BCUT2D eigenvalue weighted by Crippen LogP contribution is -1.85. The Morgan fingerprint density at radius 1 is 1.31 bits per heavy atom. The van der Waals surface area contributed by atoms with Crippen molar-refractivity contribution in [3.8, 4) is 10.6 Å². The van der Waals surface area contributed by atoms with Gasteiger partial charge in [-0.1, -0.05) is 12.1 Å². The fourth-order valence-corrected chi connectivity index (χ4v) is 2.85. The standard InChI is InChI=1S/C12H12ClNS2/c1-15-11-4-2-9(3-5-11)12-14-10(6-7-13)8-16-12/h2-5,8H,6-7H2,1H3. The molecule has 0 atom stereocenters. The summed E-state index contributed by atoms with van der Waals surface area (Å²) in [6, 6.07) is 8.50. The van der Waals surface area contributed by atoms with Crippen LogP contribution in [-0.2, 0) is 6.42 Å². The predicted octanol–water partition coefficient (Wildman–Crippen LogP) is 4.31. The second kappa shape index (κ2) is 5.71. The summed E-state index contributed by atoms with van der Waals surface area (Å²) in [5.41, 5.74) is 2.27. The molecular weight excluding hydrogens is 258 g/mol. The van der Waals surface area contributed by atoms with E-state index >= 15 is 0 Å². The number of rotatable bonds is 4. The molecule has 0 saturated heterocycles. The van der Waals surface area contributed by atoms with E-state index in [4.69, 9.17) is 11.6 Å². The lowest BCUT2D eigenvalue weighted by Gasteiger charge is -1.98. The molecule has 0 spiro atoms. The second-order valence-electron chi connectivity index (χ2n) is 3.31. The average Bonchev–Trinajstić information content (AvgIpc) is 2.78. The topological polar surface area (TPSA) is 12.9 Å². The molecule has 0 saturated carbocycles. The fourth-order valence-electron chi connectivity index (χ4n) is 1.38. The quantitative estimate of drug-likeness (QED) is 0.606. The van der Waals surface area contributed by atoms with Crippen LogP contribution in [0.25, 0.3) is 10.6 Å². The van der Waals surface area contributed by atoms with Crippen molar-refractivity contribution in [1.29, 1.82) is 0 Å². The fraction of sp³-hybridized carbons (Fsp3) is 0.250. The number of thiazole rings is 1. The highest BCUT2D eigenvalue weighted by Crippen LogP contribution is 2.26. The van der Waals surface area contributed by atoms with Crippen molar-refractivity contribution in [1.82, 2.24) is 4.98 Å². The molecule has 16 heavy (non-hydrogen) atoms. The normalized spacial score (nSPS) is 10.6. The van der Waals surface area contributed by atoms with Gasteiger partial charge in [-0.25, -0.2) is 4.98 Å². The lowest BCUT2D eigenvalue weighted by atomic mass is 10.2. The first-order valence-corrected chi connectivity index (χ1v) is 7.62. The molecule has 2 rings (SSSR count). The Balaban J connectivity index is 2.21. The van der Waals surface area contributed by atoms with Crippen LogP contribution in [0.4, 0.5) is 0 Å². The third-order valence-corrected chi connectivity index (χ3v) is 4.11. The molecule has 0 amide bonds. The summed E-state index contributed by atoms with van der Waals surface area (Å²) in [7, 11) is 0. The molecule has 2 aromatic rings. The van der Waals surface area contributed by atoms with Crippen LogP contribution in [0, 0.1) is 0 Å². The minimum Gasteiger partial charge on any atom is -0.241 e. The van der Waals surface area contributed by atoms with Gasteiger partial charge < -0.3 is 0 Å². The van der Waals surface area contributed by atoms with Crippen molar-refractivity contribution in [2.45, 2.75) is 11.3 Å². The van der Waals surface area contributed by atoms with Gasteiger partial charge >= 0.3 is 0 Å². The molecule has 0 aliphatic carbocycles. The predicted molar refractivity (Wildman–Crippen MR) is 73.8 cm³/mol. The summed E-state index contributed by atoms with van der Waals surface area (Å²) in [6.45, 7) is 0. The van der Waals surface area contributed by atoms with Gasteiger partial charge in [-0.05, 0) is 18.4 Å². The minimum atomic E-state index is 0.634. The Hall–Kier alpha value is -0.510. The zero-order valence-corrected chi connectivity index (χ0v) is 11.3. The summed E-state index contributed by atoms with van der Waals surface area (Å²) in [6.07, 6.45) is 2.93. The average molecular weight is 270 g/mol. The van der Waals surface area contributed by atoms with Gasteiger partial charge in [0.1, 0.15) is 5.01 Å². The van der Waals surface area contributed by atoms with Crippen molar-refractivity contribution in [2.24, 2.45) is 0 Å². The van der Waals surface area contributed by atoms with Gasteiger partial charge in [0.2, 0.25) is 0 Å². The van der Waals surface area contributed by atoms with E-state index in [0.29, 0.717) is 5.88 Å². The van der Waals surface area contributed by atoms with Gasteiger partial charge in [-0.2, -0.15) is 0 Å². The molecule has 84 valence electrons.